The molecule has 23 heavy (non-hydrogen) atoms. The number of amides is 1. The Kier molecular flexibility index (Phi) is 5.30. The molecule has 0 spiro atoms. The zero-order valence-corrected chi connectivity index (χ0v) is 13.0. The molecule has 6 nitrogen and oxygen atoms in total. The lowest BCUT2D eigenvalue weighted by Gasteiger charge is -2.09. The fourth-order valence-electron chi connectivity index (χ4n) is 2.17. The predicted molar refractivity (Wildman–Crippen MR) is 86.2 cm³/mol. The van der Waals surface area contributed by atoms with Crippen LogP contribution in [0.25, 0.3) is 0 Å². The van der Waals surface area contributed by atoms with Gasteiger partial charge in [0.2, 0.25) is 0 Å². The molecule has 1 aromatic heterocycles. The summed E-state index contributed by atoms with van der Waals surface area (Å²) in [5, 5.41) is 2.67. The molecule has 1 heterocycles. The highest BCUT2D eigenvalue weighted by Gasteiger charge is 2.09. The summed E-state index contributed by atoms with van der Waals surface area (Å²) in [6.45, 7) is 3.24. The fourth-order valence-corrected chi connectivity index (χ4v) is 2.17. The number of ether oxygens (including phenoxy) is 1. The summed E-state index contributed by atoms with van der Waals surface area (Å²) in [5.74, 6) is -1.07. The molecule has 0 saturated carbocycles. The van der Waals surface area contributed by atoms with Crippen LogP contribution in [0.3, 0.4) is 0 Å². The van der Waals surface area contributed by atoms with Crippen LogP contribution < -0.4 is 10.9 Å². The lowest BCUT2D eigenvalue weighted by molar-refractivity contribution is -0.147. The van der Waals surface area contributed by atoms with E-state index in [2.05, 4.69) is 5.32 Å². The molecule has 0 aliphatic carbocycles. The molecule has 0 aliphatic rings. The molecule has 0 unspecified atom stereocenters. The monoisotopic (exact) mass is 314 g/mol. The third-order valence-corrected chi connectivity index (χ3v) is 3.07. The molecule has 1 aromatic carbocycles. The number of aryl methyl sites for hydroxylation is 2. The number of nitrogens with one attached hydrogen (secondary N) is 1. The van der Waals surface area contributed by atoms with Gasteiger partial charge < -0.3 is 14.6 Å². The smallest absolute Gasteiger partial charge is 0.326 e. The Morgan fingerprint density at radius 2 is 1.83 bits per heavy atom. The van der Waals surface area contributed by atoms with Crippen molar-refractivity contribution in [2.75, 3.05) is 11.9 Å². The van der Waals surface area contributed by atoms with Gasteiger partial charge in [-0.15, -0.1) is 0 Å². The summed E-state index contributed by atoms with van der Waals surface area (Å²) in [5.41, 5.74) is 2.41. The summed E-state index contributed by atoms with van der Waals surface area (Å²) in [6, 6.07) is 10.2. The van der Waals surface area contributed by atoms with Crippen molar-refractivity contribution in [3.05, 3.63) is 64.1 Å². The van der Waals surface area contributed by atoms with Gasteiger partial charge in [0.1, 0.15) is 6.54 Å². The van der Waals surface area contributed by atoms with E-state index in [9.17, 15) is 14.4 Å². The van der Waals surface area contributed by atoms with Gasteiger partial charge in [0.15, 0.2) is 6.61 Å². The first-order chi connectivity index (χ1) is 10.9. The molecule has 2 aromatic rings. The number of pyridine rings is 1. The second kappa shape index (κ2) is 7.40. The van der Waals surface area contributed by atoms with E-state index >= 15 is 0 Å². The van der Waals surface area contributed by atoms with Crippen LogP contribution in [0.2, 0.25) is 0 Å². The van der Waals surface area contributed by atoms with Crippen LogP contribution >= 0.6 is 0 Å². The number of anilines is 1. The summed E-state index contributed by atoms with van der Waals surface area (Å²) < 4.78 is 6.10. The van der Waals surface area contributed by atoms with Gasteiger partial charge in [-0.1, -0.05) is 12.1 Å². The fraction of sp³-hybridized carbons (Fsp3) is 0.235. The van der Waals surface area contributed by atoms with E-state index in [1.165, 1.54) is 16.8 Å². The molecule has 0 radical (unpaired) electrons. The maximum Gasteiger partial charge on any atom is 0.326 e. The SMILES string of the molecule is Cc1cc(C)cc(NC(=O)COC(=O)Cn2ccccc2=O)c1. The molecule has 1 N–H and O–H groups in total. The number of rotatable bonds is 5. The van der Waals surface area contributed by atoms with E-state index in [0.29, 0.717) is 5.69 Å². The molecule has 0 fully saturated rings. The van der Waals surface area contributed by atoms with Gasteiger partial charge in [-0.25, -0.2) is 0 Å². The molecule has 2 rings (SSSR count). The Bertz CT molecular complexity index is 760. The summed E-state index contributed by atoms with van der Waals surface area (Å²) in [6.07, 6.45) is 1.49. The average molecular weight is 314 g/mol. The number of nitrogens with zero attached hydrogens (tertiary/aromatic N) is 1. The first-order valence-corrected chi connectivity index (χ1v) is 7.13. The van der Waals surface area contributed by atoms with Crippen LogP contribution in [-0.2, 0) is 20.9 Å². The van der Waals surface area contributed by atoms with Crippen LogP contribution in [0.1, 0.15) is 11.1 Å². The van der Waals surface area contributed by atoms with Crippen LogP contribution in [0.4, 0.5) is 5.69 Å². The Labute approximate surface area is 133 Å². The number of hydrogen-bond donors (Lipinski definition) is 1. The highest BCUT2D eigenvalue weighted by atomic mass is 16.5. The van der Waals surface area contributed by atoms with Gasteiger partial charge in [0.25, 0.3) is 11.5 Å². The number of aromatic nitrogens is 1. The first-order valence-electron chi connectivity index (χ1n) is 7.13. The van der Waals surface area contributed by atoms with E-state index in [-0.39, 0.29) is 12.1 Å². The van der Waals surface area contributed by atoms with Gasteiger partial charge in [-0.2, -0.15) is 0 Å². The van der Waals surface area contributed by atoms with Crippen LogP contribution in [0.5, 0.6) is 0 Å². The molecular formula is C17H18N2O4. The van der Waals surface area contributed by atoms with E-state index < -0.39 is 18.5 Å². The van der Waals surface area contributed by atoms with Crippen molar-refractivity contribution in [1.29, 1.82) is 0 Å². The van der Waals surface area contributed by atoms with E-state index in [1.807, 2.05) is 32.0 Å². The highest BCUT2D eigenvalue weighted by molar-refractivity contribution is 5.92. The van der Waals surface area contributed by atoms with Crippen molar-refractivity contribution in [3.8, 4) is 0 Å². The Balaban J connectivity index is 1.85. The molecule has 0 aliphatic heterocycles. The van der Waals surface area contributed by atoms with Crippen molar-refractivity contribution in [3.63, 3.8) is 0 Å². The molecule has 0 saturated heterocycles. The number of benzene rings is 1. The minimum Gasteiger partial charge on any atom is -0.454 e. The number of esters is 1. The molecule has 1 amide bonds. The maximum absolute atomic E-state index is 11.8. The van der Waals surface area contributed by atoms with Gasteiger partial charge in [0.05, 0.1) is 0 Å². The van der Waals surface area contributed by atoms with E-state index in [4.69, 9.17) is 4.74 Å². The molecule has 120 valence electrons. The largest absolute Gasteiger partial charge is 0.454 e. The minimum absolute atomic E-state index is 0.226. The van der Waals surface area contributed by atoms with E-state index in [1.54, 1.807) is 12.1 Å². The summed E-state index contributed by atoms with van der Waals surface area (Å²) in [7, 11) is 0. The minimum atomic E-state index is -0.645. The normalized spacial score (nSPS) is 10.2. The Morgan fingerprint density at radius 1 is 1.13 bits per heavy atom. The van der Waals surface area contributed by atoms with Crippen LogP contribution in [-0.4, -0.2) is 23.1 Å². The third kappa shape index (κ3) is 5.10. The third-order valence-electron chi connectivity index (χ3n) is 3.07. The average Bonchev–Trinajstić information content (AvgIpc) is 2.46. The van der Waals surface area contributed by atoms with Gasteiger partial charge >= 0.3 is 5.97 Å². The van der Waals surface area contributed by atoms with Gasteiger partial charge in [-0.3, -0.25) is 14.4 Å². The second-order valence-corrected chi connectivity index (χ2v) is 5.25. The first kappa shape index (κ1) is 16.5. The molecule has 0 atom stereocenters. The lowest BCUT2D eigenvalue weighted by Crippen LogP contribution is -2.27. The van der Waals surface area contributed by atoms with Crippen molar-refractivity contribution in [1.82, 2.24) is 4.57 Å². The van der Waals surface area contributed by atoms with Crippen molar-refractivity contribution in [2.24, 2.45) is 0 Å². The zero-order chi connectivity index (χ0) is 16.8. The Morgan fingerprint density at radius 3 is 2.48 bits per heavy atom. The number of carbonyl (C=O) groups excluding carboxylic acids is 2. The van der Waals surface area contributed by atoms with E-state index in [0.717, 1.165) is 11.1 Å². The number of carbonyl (C=O) groups is 2. The molecular weight excluding hydrogens is 296 g/mol. The van der Waals surface area contributed by atoms with Crippen molar-refractivity contribution < 1.29 is 14.3 Å². The topological polar surface area (TPSA) is 77.4 Å². The quantitative estimate of drug-likeness (QED) is 0.851. The van der Waals surface area contributed by atoms with Crippen molar-refractivity contribution >= 4 is 17.6 Å². The Hall–Kier alpha value is -2.89. The maximum atomic E-state index is 11.8. The predicted octanol–water partition coefficient (Wildman–Crippen LogP) is 1.65. The molecule has 0 bridgehead atoms. The van der Waals surface area contributed by atoms with Gasteiger partial charge in [-0.05, 0) is 43.2 Å². The summed E-state index contributed by atoms with van der Waals surface area (Å²) in [4.78, 5) is 34.9. The molecule has 6 heteroatoms. The summed E-state index contributed by atoms with van der Waals surface area (Å²) >= 11 is 0. The lowest BCUT2D eigenvalue weighted by atomic mass is 10.1. The van der Waals surface area contributed by atoms with Crippen molar-refractivity contribution in [2.45, 2.75) is 20.4 Å². The zero-order valence-electron chi connectivity index (χ0n) is 13.0. The van der Waals surface area contributed by atoms with Crippen LogP contribution in [0, 0.1) is 13.8 Å². The van der Waals surface area contributed by atoms with Gasteiger partial charge in [0, 0.05) is 18.0 Å². The standard InChI is InChI=1S/C17H18N2O4/c1-12-7-13(2)9-14(8-12)18-15(20)11-23-17(22)10-19-6-4-3-5-16(19)21/h3-9H,10-11H2,1-2H3,(H,18,20). The number of hydrogen-bond acceptors (Lipinski definition) is 4. The van der Waals surface area contributed by atoms with Crippen LogP contribution in [0.15, 0.2) is 47.4 Å². The second-order valence-electron chi connectivity index (χ2n) is 5.25. The highest BCUT2D eigenvalue weighted by Crippen LogP contribution is 2.13.